The van der Waals surface area contributed by atoms with Crippen molar-refractivity contribution in [2.75, 3.05) is 0 Å². The van der Waals surface area contributed by atoms with Gasteiger partial charge in [0.05, 0.1) is 18.0 Å². The molecule has 0 aliphatic heterocycles. The number of hydrogen-bond donors (Lipinski definition) is 1. The topological polar surface area (TPSA) is 37.5 Å². The van der Waals surface area contributed by atoms with Gasteiger partial charge in [-0.25, -0.2) is 4.98 Å². The van der Waals surface area contributed by atoms with E-state index in [1.165, 1.54) is 11.3 Å². The molecule has 0 spiro atoms. The average Bonchev–Trinajstić information content (AvgIpc) is 2.92. The third kappa shape index (κ3) is 2.45. The molecule has 0 bridgehead atoms. The average molecular weight is 280 g/mol. The Bertz CT molecular complexity index is 757. The highest BCUT2D eigenvalue weighted by atomic mass is 16.3. The van der Waals surface area contributed by atoms with Crippen molar-refractivity contribution in [3.63, 3.8) is 0 Å². The fourth-order valence-electron chi connectivity index (χ4n) is 2.70. The Balaban J connectivity index is 2.16. The zero-order valence-corrected chi connectivity index (χ0v) is 12.5. The van der Waals surface area contributed by atoms with Crippen LogP contribution in [0.5, 0.6) is 0 Å². The molecular formula is C18H20N2O. The first-order chi connectivity index (χ1) is 10.3. The standard InChI is InChI=1S/C18H20N2O/c1-3-13-5-7-15(8-6-13)18-16(4-2)20-10-9-14(12-21)11-17(20)19-18/h5-11,21H,3-4,12H2,1-2H3. The second-order valence-electron chi connectivity index (χ2n) is 5.23. The minimum Gasteiger partial charge on any atom is -0.392 e. The van der Waals surface area contributed by atoms with E-state index in [2.05, 4.69) is 42.5 Å². The van der Waals surface area contributed by atoms with Crippen molar-refractivity contribution in [1.82, 2.24) is 9.38 Å². The van der Waals surface area contributed by atoms with Gasteiger partial charge in [0.25, 0.3) is 0 Å². The third-order valence-electron chi connectivity index (χ3n) is 3.94. The first-order valence-electron chi connectivity index (χ1n) is 7.46. The van der Waals surface area contributed by atoms with E-state index in [4.69, 9.17) is 4.98 Å². The number of imidazole rings is 1. The molecule has 108 valence electrons. The first kappa shape index (κ1) is 13.8. The predicted molar refractivity (Wildman–Crippen MR) is 85.3 cm³/mol. The van der Waals surface area contributed by atoms with Crippen molar-refractivity contribution in [3.05, 3.63) is 59.4 Å². The lowest BCUT2D eigenvalue weighted by Crippen LogP contribution is -1.93. The predicted octanol–water partition coefficient (Wildman–Crippen LogP) is 3.62. The van der Waals surface area contributed by atoms with Crippen LogP contribution in [-0.4, -0.2) is 14.5 Å². The van der Waals surface area contributed by atoms with Crippen molar-refractivity contribution < 1.29 is 5.11 Å². The zero-order valence-electron chi connectivity index (χ0n) is 12.5. The molecule has 3 heteroatoms. The Labute approximate surface area is 124 Å². The van der Waals surface area contributed by atoms with Gasteiger partial charge in [-0.2, -0.15) is 0 Å². The molecule has 0 aliphatic carbocycles. The number of aryl methyl sites for hydroxylation is 2. The summed E-state index contributed by atoms with van der Waals surface area (Å²) in [4.78, 5) is 4.77. The Morgan fingerprint density at radius 2 is 1.76 bits per heavy atom. The van der Waals surface area contributed by atoms with Crippen molar-refractivity contribution >= 4 is 5.65 Å². The van der Waals surface area contributed by atoms with Gasteiger partial charge in [0.1, 0.15) is 5.65 Å². The summed E-state index contributed by atoms with van der Waals surface area (Å²) in [7, 11) is 0. The van der Waals surface area contributed by atoms with Crippen LogP contribution in [0.4, 0.5) is 0 Å². The number of aromatic nitrogens is 2. The van der Waals surface area contributed by atoms with Crippen LogP contribution in [-0.2, 0) is 19.4 Å². The molecule has 0 fully saturated rings. The summed E-state index contributed by atoms with van der Waals surface area (Å²) in [6.07, 6.45) is 3.97. The van der Waals surface area contributed by atoms with Crippen LogP contribution in [0, 0.1) is 0 Å². The molecule has 3 nitrogen and oxygen atoms in total. The van der Waals surface area contributed by atoms with Gasteiger partial charge in [-0.3, -0.25) is 0 Å². The molecule has 2 heterocycles. The fraction of sp³-hybridized carbons (Fsp3) is 0.278. The zero-order chi connectivity index (χ0) is 14.8. The minimum atomic E-state index is 0.0470. The van der Waals surface area contributed by atoms with Gasteiger partial charge in [-0.15, -0.1) is 0 Å². The molecule has 3 aromatic rings. The Kier molecular flexibility index (Phi) is 3.76. The van der Waals surface area contributed by atoms with E-state index in [0.717, 1.165) is 35.3 Å². The van der Waals surface area contributed by atoms with Gasteiger partial charge >= 0.3 is 0 Å². The molecule has 21 heavy (non-hydrogen) atoms. The summed E-state index contributed by atoms with van der Waals surface area (Å²) in [6, 6.07) is 12.5. The first-order valence-corrected chi connectivity index (χ1v) is 7.46. The molecule has 0 radical (unpaired) electrons. The van der Waals surface area contributed by atoms with Crippen LogP contribution in [0.15, 0.2) is 42.6 Å². The van der Waals surface area contributed by atoms with Gasteiger partial charge in [0.15, 0.2) is 0 Å². The Hall–Kier alpha value is -2.13. The van der Waals surface area contributed by atoms with Crippen molar-refractivity contribution in [2.24, 2.45) is 0 Å². The van der Waals surface area contributed by atoms with E-state index in [9.17, 15) is 5.11 Å². The van der Waals surface area contributed by atoms with Gasteiger partial charge in [-0.1, -0.05) is 38.1 Å². The summed E-state index contributed by atoms with van der Waals surface area (Å²) < 4.78 is 2.11. The maximum Gasteiger partial charge on any atom is 0.138 e. The monoisotopic (exact) mass is 280 g/mol. The fourth-order valence-corrected chi connectivity index (χ4v) is 2.70. The summed E-state index contributed by atoms with van der Waals surface area (Å²) in [6.45, 7) is 4.35. The molecular weight excluding hydrogens is 260 g/mol. The molecule has 0 saturated carbocycles. The normalized spacial score (nSPS) is 11.2. The van der Waals surface area contributed by atoms with Crippen molar-refractivity contribution in [1.29, 1.82) is 0 Å². The summed E-state index contributed by atoms with van der Waals surface area (Å²) >= 11 is 0. The second-order valence-corrected chi connectivity index (χ2v) is 5.23. The Morgan fingerprint density at radius 3 is 2.38 bits per heavy atom. The molecule has 0 amide bonds. The quantitative estimate of drug-likeness (QED) is 0.792. The second kappa shape index (κ2) is 5.70. The lowest BCUT2D eigenvalue weighted by Gasteiger charge is -2.04. The van der Waals surface area contributed by atoms with Crippen LogP contribution in [0.1, 0.15) is 30.7 Å². The van der Waals surface area contributed by atoms with Gasteiger partial charge in [0, 0.05) is 11.8 Å². The van der Waals surface area contributed by atoms with Gasteiger partial charge in [0.2, 0.25) is 0 Å². The number of pyridine rings is 1. The smallest absolute Gasteiger partial charge is 0.138 e. The summed E-state index contributed by atoms with van der Waals surface area (Å²) in [5.41, 5.74) is 6.52. The molecule has 1 N–H and O–H groups in total. The van der Waals surface area contributed by atoms with Gasteiger partial charge in [-0.05, 0) is 36.1 Å². The lowest BCUT2D eigenvalue weighted by atomic mass is 10.1. The summed E-state index contributed by atoms with van der Waals surface area (Å²) in [5, 5.41) is 9.27. The number of benzene rings is 1. The van der Waals surface area contributed by atoms with E-state index in [-0.39, 0.29) is 6.61 Å². The van der Waals surface area contributed by atoms with E-state index in [1.54, 1.807) is 0 Å². The lowest BCUT2D eigenvalue weighted by molar-refractivity contribution is 0.282. The maximum atomic E-state index is 9.27. The third-order valence-corrected chi connectivity index (χ3v) is 3.94. The van der Waals surface area contributed by atoms with Crippen LogP contribution in [0.25, 0.3) is 16.9 Å². The van der Waals surface area contributed by atoms with E-state index < -0.39 is 0 Å². The van der Waals surface area contributed by atoms with Crippen molar-refractivity contribution in [2.45, 2.75) is 33.3 Å². The molecule has 0 unspecified atom stereocenters. The van der Waals surface area contributed by atoms with Crippen LogP contribution in [0.3, 0.4) is 0 Å². The van der Waals surface area contributed by atoms with E-state index in [0.29, 0.717) is 0 Å². The van der Waals surface area contributed by atoms with Gasteiger partial charge < -0.3 is 9.51 Å². The van der Waals surface area contributed by atoms with Crippen LogP contribution in [0.2, 0.25) is 0 Å². The molecule has 3 rings (SSSR count). The molecule has 0 atom stereocenters. The Morgan fingerprint density at radius 1 is 1.00 bits per heavy atom. The number of aliphatic hydroxyl groups is 1. The number of rotatable bonds is 4. The largest absolute Gasteiger partial charge is 0.392 e. The van der Waals surface area contributed by atoms with Crippen LogP contribution < -0.4 is 0 Å². The highest BCUT2D eigenvalue weighted by molar-refractivity contribution is 5.67. The number of hydrogen-bond acceptors (Lipinski definition) is 2. The van der Waals surface area contributed by atoms with E-state index >= 15 is 0 Å². The molecule has 0 aliphatic rings. The molecule has 0 saturated heterocycles. The number of fused-ring (bicyclic) bond motifs is 1. The maximum absolute atomic E-state index is 9.27. The minimum absolute atomic E-state index is 0.0470. The number of aliphatic hydroxyl groups excluding tert-OH is 1. The van der Waals surface area contributed by atoms with E-state index in [1.807, 2.05) is 18.3 Å². The number of nitrogens with zero attached hydrogens (tertiary/aromatic N) is 2. The highest BCUT2D eigenvalue weighted by Gasteiger charge is 2.12. The molecule has 1 aromatic carbocycles. The van der Waals surface area contributed by atoms with Crippen LogP contribution >= 0.6 is 0 Å². The SMILES string of the molecule is CCc1ccc(-c2nc3cc(CO)ccn3c2CC)cc1. The van der Waals surface area contributed by atoms with Crippen molar-refractivity contribution in [3.8, 4) is 11.3 Å². The molecule has 2 aromatic heterocycles. The summed E-state index contributed by atoms with van der Waals surface area (Å²) in [5.74, 6) is 0. The highest BCUT2D eigenvalue weighted by Crippen LogP contribution is 2.26.